The van der Waals surface area contributed by atoms with Gasteiger partial charge in [-0.1, -0.05) is 52.9 Å². The van der Waals surface area contributed by atoms with E-state index in [0.717, 1.165) is 48.5 Å². The number of benzene rings is 2. The fourth-order valence-corrected chi connectivity index (χ4v) is 7.79. The molecule has 3 heterocycles. The van der Waals surface area contributed by atoms with E-state index < -0.39 is 0 Å². The van der Waals surface area contributed by atoms with Crippen LogP contribution >= 0.6 is 46.0 Å². The summed E-state index contributed by atoms with van der Waals surface area (Å²) in [5, 5.41) is 4.86. The van der Waals surface area contributed by atoms with Gasteiger partial charge in [-0.2, -0.15) is 4.57 Å². The first kappa shape index (κ1) is 24.2. The maximum atomic E-state index is 13.4. The number of thiazole rings is 2. The van der Waals surface area contributed by atoms with Crippen LogP contribution in [0.2, 0.25) is 5.02 Å². The van der Waals surface area contributed by atoms with Gasteiger partial charge in [0.15, 0.2) is 12.7 Å². The fourth-order valence-electron chi connectivity index (χ4n) is 4.17. The standard InChI is InChI=1S/C26H25ClN3O2S3/c1-4-30-23(16-22-29(13-14-33-22)12-11-17-7-5-6-8-20(17)32-3)35-24(25(30)31)26-28(2)19-10-9-18(27)15-21(19)34-26/h5-10,13-16H,4,11-12H2,1-3H3/q+1/b26-24+. The van der Waals surface area contributed by atoms with Gasteiger partial charge in [0.05, 0.1) is 24.3 Å². The smallest absolute Gasteiger partial charge is 0.271 e. The summed E-state index contributed by atoms with van der Waals surface area (Å²) in [7, 11) is 3.71. The molecule has 0 spiro atoms. The number of rotatable bonds is 6. The number of methoxy groups -OCH3 is 1. The van der Waals surface area contributed by atoms with Crippen LogP contribution in [0.1, 0.15) is 17.5 Å². The molecule has 5 rings (SSSR count). The van der Waals surface area contributed by atoms with E-state index in [1.165, 1.54) is 5.56 Å². The van der Waals surface area contributed by atoms with Crippen LogP contribution in [0.4, 0.5) is 5.69 Å². The van der Waals surface area contributed by atoms with Gasteiger partial charge >= 0.3 is 0 Å². The van der Waals surface area contributed by atoms with Crippen LogP contribution in [-0.4, -0.2) is 18.7 Å². The molecule has 9 heteroatoms. The lowest BCUT2D eigenvalue weighted by Crippen LogP contribution is -2.36. The number of nitrogens with zero attached hydrogens (tertiary/aromatic N) is 3. The van der Waals surface area contributed by atoms with Crippen molar-refractivity contribution in [1.82, 2.24) is 4.57 Å². The number of fused-ring (bicyclic) bond motifs is 1. The highest BCUT2D eigenvalue weighted by atomic mass is 35.5. The molecular formula is C26H25ClN3O2S3+. The van der Waals surface area contributed by atoms with Crippen LogP contribution in [0.5, 0.6) is 5.75 Å². The molecule has 35 heavy (non-hydrogen) atoms. The van der Waals surface area contributed by atoms with Gasteiger partial charge in [-0.05, 0) is 31.2 Å². The first-order valence-corrected chi connectivity index (χ1v) is 14.1. The molecule has 1 aliphatic rings. The average molecular weight is 543 g/mol. The number of ether oxygens (including phenoxy) is 1. The van der Waals surface area contributed by atoms with Gasteiger partial charge in [0.25, 0.3) is 10.6 Å². The third-order valence-corrected chi connectivity index (χ3v) is 9.54. The van der Waals surface area contributed by atoms with Gasteiger partial charge in [-0.15, -0.1) is 11.3 Å². The number of hydrogen-bond donors (Lipinski definition) is 0. The monoisotopic (exact) mass is 542 g/mol. The fraction of sp³-hybridized carbons (Fsp3) is 0.231. The molecule has 0 amide bonds. The van der Waals surface area contributed by atoms with Crippen LogP contribution in [0.15, 0.2) is 63.7 Å². The highest BCUT2D eigenvalue weighted by molar-refractivity contribution is 8.08. The predicted molar refractivity (Wildman–Crippen MR) is 147 cm³/mol. The molecule has 2 aromatic heterocycles. The minimum absolute atomic E-state index is 0.0501. The second-order valence-electron chi connectivity index (χ2n) is 8.04. The van der Waals surface area contributed by atoms with Crippen molar-refractivity contribution in [3.63, 3.8) is 0 Å². The second-order valence-corrected chi connectivity index (χ2v) is 11.5. The Labute approximate surface area is 221 Å². The van der Waals surface area contributed by atoms with Crippen LogP contribution in [0, 0.1) is 0 Å². The van der Waals surface area contributed by atoms with Crippen molar-refractivity contribution in [3.8, 4) is 5.75 Å². The van der Waals surface area contributed by atoms with Crippen LogP contribution in [0.25, 0.3) is 11.1 Å². The van der Waals surface area contributed by atoms with Gasteiger partial charge in [-0.25, -0.2) is 0 Å². The number of halogens is 1. The summed E-state index contributed by atoms with van der Waals surface area (Å²) in [6.07, 6.45) is 5.10. The molecule has 4 aromatic rings. The molecule has 0 saturated heterocycles. The lowest BCUT2D eigenvalue weighted by molar-refractivity contribution is -0.693. The molecule has 0 aliphatic carbocycles. The third kappa shape index (κ3) is 4.68. The Hall–Kier alpha value is -2.52. The summed E-state index contributed by atoms with van der Waals surface area (Å²) in [4.78, 5) is 16.6. The largest absolute Gasteiger partial charge is 0.496 e. The van der Waals surface area contributed by atoms with Crippen molar-refractivity contribution in [2.75, 3.05) is 19.1 Å². The summed E-state index contributed by atoms with van der Waals surface area (Å²) in [5.41, 5.74) is 2.30. The van der Waals surface area contributed by atoms with Gasteiger partial charge in [0.1, 0.15) is 20.0 Å². The first-order valence-electron chi connectivity index (χ1n) is 11.3. The zero-order valence-electron chi connectivity index (χ0n) is 19.7. The van der Waals surface area contributed by atoms with E-state index >= 15 is 0 Å². The number of hydrogen-bond acceptors (Lipinski definition) is 6. The van der Waals surface area contributed by atoms with Crippen molar-refractivity contribution in [1.29, 1.82) is 0 Å². The van der Waals surface area contributed by atoms with Gasteiger partial charge in [-0.3, -0.25) is 9.36 Å². The number of anilines is 1. The average Bonchev–Trinajstić information content (AvgIpc) is 3.53. The molecule has 2 aromatic carbocycles. The maximum absolute atomic E-state index is 13.4. The molecule has 0 bridgehead atoms. The highest BCUT2D eigenvalue weighted by Gasteiger charge is 2.25. The number of aryl methyl sites for hydroxylation is 2. The quantitative estimate of drug-likeness (QED) is 0.340. The van der Waals surface area contributed by atoms with E-state index in [2.05, 4.69) is 33.2 Å². The summed E-state index contributed by atoms with van der Waals surface area (Å²) in [6, 6.07) is 14.0. The van der Waals surface area contributed by atoms with Crippen LogP contribution in [0.3, 0.4) is 0 Å². The summed E-state index contributed by atoms with van der Waals surface area (Å²) < 4.78 is 11.3. The minimum atomic E-state index is 0.0501. The molecule has 0 fully saturated rings. The van der Waals surface area contributed by atoms with Gasteiger partial charge in [0.2, 0.25) is 0 Å². The number of para-hydroxylation sites is 1. The molecule has 0 radical (unpaired) electrons. The molecule has 0 saturated carbocycles. The Balaban J connectivity index is 1.52. The Morgan fingerprint density at radius 3 is 2.83 bits per heavy atom. The third-order valence-electron chi connectivity index (χ3n) is 5.99. The molecule has 0 unspecified atom stereocenters. The summed E-state index contributed by atoms with van der Waals surface area (Å²) in [6.45, 7) is 3.47. The highest BCUT2D eigenvalue weighted by Crippen LogP contribution is 2.46. The number of thioether (sulfide) groups is 1. The summed E-state index contributed by atoms with van der Waals surface area (Å²) in [5.74, 6) is 0.911. The molecule has 1 aliphatic heterocycles. The normalized spacial score (nSPS) is 15.1. The van der Waals surface area contributed by atoms with Crippen molar-refractivity contribution in [2.45, 2.75) is 31.3 Å². The lowest BCUT2D eigenvalue weighted by atomic mass is 10.1. The van der Waals surface area contributed by atoms with Crippen LogP contribution < -0.4 is 29.0 Å². The molecule has 5 nitrogen and oxygen atoms in total. The van der Waals surface area contributed by atoms with Crippen molar-refractivity contribution in [2.24, 2.45) is 0 Å². The number of aromatic nitrogens is 2. The molecule has 180 valence electrons. The van der Waals surface area contributed by atoms with Crippen LogP contribution in [-0.2, 0) is 19.5 Å². The molecular weight excluding hydrogens is 518 g/mol. The maximum Gasteiger partial charge on any atom is 0.271 e. The van der Waals surface area contributed by atoms with E-state index in [9.17, 15) is 4.79 Å². The minimum Gasteiger partial charge on any atom is -0.496 e. The van der Waals surface area contributed by atoms with Crippen molar-refractivity contribution >= 4 is 62.8 Å². The summed E-state index contributed by atoms with van der Waals surface area (Å²) >= 11 is 11.0. The predicted octanol–water partition coefficient (Wildman–Crippen LogP) is 4.32. The van der Waals surface area contributed by atoms with Gasteiger partial charge < -0.3 is 9.64 Å². The van der Waals surface area contributed by atoms with E-state index in [1.807, 2.05) is 54.9 Å². The zero-order valence-corrected chi connectivity index (χ0v) is 22.9. The lowest BCUT2D eigenvalue weighted by Gasteiger charge is -2.12. The van der Waals surface area contributed by atoms with E-state index in [1.54, 1.807) is 41.5 Å². The Morgan fingerprint density at radius 2 is 2.03 bits per heavy atom. The Kier molecular flexibility index (Phi) is 7.07. The topological polar surface area (TPSA) is 38.4 Å². The molecule has 0 N–H and O–H groups in total. The zero-order chi connectivity index (χ0) is 24.5. The van der Waals surface area contributed by atoms with E-state index in [4.69, 9.17) is 16.3 Å². The molecule has 0 atom stereocenters. The van der Waals surface area contributed by atoms with Crippen molar-refractivity contribution in [3.05, 3.63) is 89.2 Å². The van der Waals surface area contributed by atoms with E-state index in [0.29, 0.717) is 11.6 Å². The Bertz CT molecular complexity index is 1570. The van der Waals surface area contributed by atoms with Crippen molar-refractivity contribution < 1.29 is 9.30 Å². The SMILES string of the molecule is CCn1c(=O)/c(=C2\Sc3cc(Cl)ccc3N2C)s/c1=C\c1scc[n+]1CCc1ccccc1OC. The van der Waals surface area contributed by atoms with Gasteiger partial charge in [0, 0.05) is 35.5 Å². The first-order chi connectivity index (χ1) is 17.0. The van der Waals surface area contributed by atoms with E-state index in [-0.39, 0.29) is 5.56 Å². The second kappa shape index (κ2) is 10.2. The Morgan fingerprint density at radius 1 is 1.20 bits per heavy atom.